The number of nitrogens with one attached hydrogen (secondary N) is 1. The van der Waals surface area contributed by atoms with Gasteiger partial charge in [0.25, 0.3) is 5.91 Å². The number of nitrogens with two attached hydrogens (primary N) is 1. The Hall–Kier alpha value is -1.51. The van der Waals surface area contributed by atoms with Crippen molar-refractivity contribution in [2.24, 2.45) is 5.73 Å². The predicted molar refractivity (Wildman–Crippen MR) is 68.7 cm³/mol. The molecule has 19 heavy (non-hydrogen) atoms. The highest BCUT2D eigenvalue weighted by atomic mass is 16.5. The van der Waals surface area contributed by atoms with E-state index in [1.54, 1.807) is 18.0 Å². The molecule has 0 saturated heterocycles. The molecule has 8 nitrogen and oxygen atoms in total. The van der Waals surface area contributed by atoms with Crippen LogP contribution in [-0.4, -0.2) is 60.9 Å². The molecule has 0 spiro atoms. The number of ether oxygens (including phenoxy) is 2. The first kappa shape index (κ1) is 15.5. The second-order valence-electron chi connectivity index (χ2n) is 3.87. The minimum absolute atomic E-state index is 0.236. The molecule has 0 unspecified atom stereocenters. The van der Waals surface area contributed by atoms with Gasteiger partial charge in [-0.2, -0.15) is 0 Å². The first-order chi connectivity index (χ1) is 9.27. The minimum atomic E-state index is -0.236. The summed E-state index contributed by atoms with van der Waals surface area (Å²) in [6.07, 6.45) is 2.32. The van der Waals surface area contributed by atoms with Crippen molar-refractivity contribution in [2.45, 2.75) is 13.0 Å². The first-order valence-electron chi connectivity index (χ1n) is 6.23. The van der Waals surface area contributed by atoms with Crippen LogP contribution in [0, 0.1) is 0 Å². The molecule has 0 aromatic carbocycles. The fraction of sp³-hybridized carbons (Fsp3) is 0.727. The summed E-state index contributed by atoms with van der Waals surface area (Å²) in [4.78, 5) is 11.7. The zero-order chi connectivity index (χ0) is 13.9. The van der Waals surface area contributed by atoms with Gasteiger partial charge in [0.2, 0.25) is 0 Å². The van der Waals surface area contributed by atoms with Gasteiger partial charge in [0, 0.05) is 26.8 Å². The van der Waals surface area contributed by atoms with E-state index >= 15 is 0 Å². The predicted octanol–water partition coefficient (Wildman–Crippen LogP) is -0.980. The van der Waals surface area contributed by atoms with Gasteiger partial charge in [0.15, 0.2) is 5.69 Å². The third-order valence-corrected chi connectivity index (χ3v) is 2.31. The number of methoxy groups -OCH3 is 1. The van der Waals surface area contributed by atoms with E-state index in [0.717, 1.165) is 6.42 Å². The third-order valence-electron chi connectivity index (χ3n) is 2.31. The molecule has 1 aromatic heterocycles. The van der Waals surface area contributed by atoms with E-state index in [9.17, 15) is 4.79 Å². The quantitative estimate of drug-likeness (QED) is 0.530. The topological polar surface area (TPSA) is 104 Å². The van der Waals surface area contributed by atoms with Gasteiger partial charge >= 0.3 is 0 Å². The molecule has 0 saturated carbocycles. The van der Waals surface area contributed by atoms with Crippen LogP contribution in [-0.2, 0) is 16.0 Å². The van der Waals surface area contributed by atoms with Crippen LogP contribution in [0.1, 0.15) is 16.9 Å². The van der Waals surface area contributed by atoms with Crippen LogP contribution in [0.3, 0.4) is 0 Å². The van der Waals surface area contributed by atoms with Crippen molar-refractivity contribution in [3.63, 3.8) is 0 Å². The summed E-state index contributed by atoms with van der Waals surface area (Å²) in [5.74, 6) is -0.236. The monoisotopic (exact) mass is 271 g/mol. The van der Waals surface area contributed by atoms with Crippen LogP contribution < -0.4 is 11.1 Å². The molecule has 0 fully saturated rings. The molecule has 1 rings (SSSR count). The molecule has 0 bridgehead atoms. The molecule has 8 heteroatoms. The Morgan fingerprint density at radius 2 is 2.32 bits per heavy atom. The number of hydrogen-bond acceptors (Lipinski definition) is 6. The number of carbonyl (C=O) groups is 1. The SMILES string of the molecule is COCCOCCCNC(=O)c1cn(CCN)nn1. The summed E-state index contributed by atoms with van der Waals surface area (Å²) < 4.78 is 11.7. The highest BCUT2D eigenvalue weighted by Gasteiger charge is 2.09. The summed E-state index contributed by atoms with van der Waals surface area (Å²) in [7, 11) is 1.63. The second-order valence-corrected chi connectivity index (χ2v) is 3.87. The van der Waals surface area contributed by atoms with Gasteiger partial charge in [-0.05, 0) is 6.42 Å². The fourth-order valence-electron chi connectivity index (χ4n) is 1.36. The van der Waals surface area contributed by atoms with Gasteiger partial charge in [-0.15, -0.1) is 5.10 Å². The van der Waals surface area contributed by atoms with E-state index in [4.69, 9.17) is 15.2 Å². The van der Waals surface area contributed by atoms with Crippen molar-refractivity contribution < 1.29 is 14.3 Å². The maximum atomic E-state index is 11.7. The number of aromatic nitrogens is 3. The van der Waals surface area contributed by atoms with Crippen LogP contribution in [0.25, 0.3) is 0 Å². The van der Waals surface area contributed by atoms with Crippen LogP contribution in [0.15, 0.2) is 6.20 Å². The average Bonchev–Trinajstić information content (AvgIpc) is 2.87. The van der Waals surface area contributed by atoms with Crippen LogP contribution in [0.5, 0.6) is 0 Å². The highest BCUT2D eigenvalue weighted by molar-refractivity contribution is 5.91. The summed E-state index contributed by atoms with van der Waals surface area (Å²) in [5, 5.41) is 10.3. The Bertz CT molecular complexity index is 369. The lowest BCUT2D eigenvalue weighted by molar-refractivity contribution is 0.0688. The van der Waals surface area contributed by atoms with Crippen molar-refractivity contribution in [3.8, 4) is 0 Å². The second kappa shape index (κ2) is 9.42. The Balaban J connectivity index is 2.13. The number of hydrogen-bond donors (Lipinski definition) is 2. The lowest BCUT2D eigenvalue weighted by atomic mass is 10.4. The lowest BCUT2D eigenvalue weighted by Crippen LogP contribution is -2.25. The molecule has 1 heterocycles. The summed E-state index contributed by atoms with van der Waals surface area (Å²) in [5.41, 5.74) is 5.68. The van der Waals surface area contributed by atoms with Crippen LogP contribution >= 0.6 is 0 Å². The largest absolute Gasteiger partial charge is 0.382 e. The number of rotatable bonds is 10. The van der Waals surface area contributed by atoms with E-state index in [1.165, 1.54) is 0 Å². The summed E-state index contributed by atoms with van der Waals surface area (Å²) in [6, 6.07) is 0. The number of carbonyl (C=O) groups excluding carboxylic acids is 1. The summed E-state index contributed by atoms with van der Waals surface area (Å²) >= 11 is 0. The molecule has 108 valence electrons. The lowest BCUT2D eigenvalue weighted by Gasteiger charge is -2.04. The molecule has 0 radical (unpaired) electrons. The molecule has 1 aromatic rings. The van der Waals surface area contributed by atoms with Crippen molar-refractivity contribution >= 4 is 5.91 Å². The number of amides is 1. The molecule has 1 amide bonds. The zero-order valence-electron chi connectivity index (χ0n) is 11.2. The van der Waals surface area contributed by atoms with E-state index < -0.39 is 0 Å². The van der Waals surface area contributed by atoms with Gasteiger partial charge in [0.05, 0.1) is 26.0 Å². The van der Waals surface area contributed by atoms with E-state index in [1.807, 2.05) is 0 Å². The molecule has 0 aliphatic heterocycles. The highest BCUT2D eigenvalue weighted by Crippen LogP contribution is 1.93. The standard InChI is InChI=1S/C11H21N5O3/c1-18-7-8-19-6-2-4-13-11(17)10-9-16(5-3-12)15-14-10/h9H,2-8,12H2,1H3,(H,13,17). The molecule has 0 atom stereocenters. The van der Waals surface area contributed by atoms with Crippen LogP contribution in [0.2, 0.25) is 0 Å². The molecule has 0 aliphatic rings. The van der Waals surface area contributed by atoms with Gasteiger partial charge < -0.3 is 20.5 Å². The van der Waals surface area contributed by atoms with Gasteiger partial charge in [0.1, 0.15) is 0 Å². The van der Waals surface area contributed by atoms with Gasteiger partial charge in [-0.25, -0.2) is 0 Å². The maximum Gasteiger partial charge on any atom is 0.273 e. The Morgan fingerprint density at radius 3 is 3.05 bits per heavy atom. The van der Waals surface area contributed by atoms with Crippen molar-refractivity contribution in [2.75, 3.05) is 40.0 Å². The van der Waals surface area contributed by atoms with Crippen molar-refractivity contribution in [1.82, 2.24) is 20.3 Å². The molecular weight excluding hydrogens is 250 g/mol. The third kappa shape index (κ3) is 6.27. The van der Waals surface area contributed by atoms with E-state index in [-0.39, 0.29) is 5.91 Å². The van der Waals surface area contributed by atoms with E-state index in [2.05, 4.69) is 15.6 Å². The normalized spacial score (nSPS) is 10.6. The first-order valence-corrected chi connectivity index (χ1v) is 6.23. The maximum absolute atomic E-state index is 11.7. The minimum Gasteiger partial charge on any atom is -0.382 e. The molecule has 0 aliphatic carbocycles. The Kier molecular flexibility index (Phi) is 7.71. The molecule has 3 N–H and O–H groups in total. The Morgan fingerprint density at radius 1 is 1.47 bits per heavy atom. The number of nitrogens with zero attached hydrogens (tertiary/aromatic N) is 3. The fourth-order valence-corrected chi connectivity index (χ4v) is 1.36. The average molecular weight is 271 g/mol. The summed E-state index contributed by atoms with van der Waals surface area (Å²) in [6.45, 7) is 3.28. The van der Waals surface area contributed by atoms with Crippen LogP contribution in [0.4, 0.5) is 0 Å². The zero-order valence-corrected chi connectivity index (χ0v) is 11.2. The van der Waals surface area contributed by atoms with Crippen molar-refractivity contribution in [3.05, 3.63) is 11.9 Å². The Labute approximate surface area is 112 Å². The van der Waals surface area contributed by atoms with Gasteiger partial charge in [-0.1, -0.05) is 5.21 Å². The van der Waals surface area contributed by atoms with Crippen molar-refractivity contribution in [1.29, 1.82) is 0 Å². The van der Waals surface area contributed by atoms with Gasteiger partial charge in [-0.3, -0.25) is 9.48 Å². The molecular formula is C11H21N5O3. The smallest absolute Gasteiger partial charge is 0.273 e. The van der Waals surface area contributed by atoms with E-state index in [0.29, 0.717) is 45.1 Å².